The van der Waals surface area contributed by atoms with Crippen molar-refractivity contribution in [2.75, 3.05) is 32.7 Å². The van der Waals surface area contributed by atoms with Gasteiger partial charge >= 0.3 is 0 Å². The van der Waals surface area contributed by atoms with E-state index in [0.29, 0.717) is 23.0 Å². The SMILES string of the molecule is CCCCN1CCN(C(=O)c2ccccc2OCc2nc(-c3ccc(C)cc3)no2)CC1. The second kappa shape index (κ2) is 10.4. The monoisotopic (exact) mass is 434 g/mol. The molecule has 7 heteroatoms. The molecule has 0 aliphatic carbocycles. The van der Waals surface area contributed by atoms with Crippen molar-refractivity contribution in [2.45, 2.75) is 33.3 Å². The molecule has 1 fully saturated rings. The van der Waals surface area contributed by atoms with Gasteiger partial charge in [0.15, 0.2) is 6.61 Å². The lowest BCUT2D eigenvalue weighted by Crippen LogP contribution is -2.48. The normalized spacial score (nSPS) is 14.5. The zero-order valence-electron chi connectivity index (χ0n) is 18.8. The number of benzene rings is 2. The molecule has 3 aromatic rings. The molecule has 0 bridgehead atoms. The van der Waals surface area contributed by atoms with Gasteiger partial charge in [-0.25, -0.2) is 0 Å². The van der Waals surface area contributed by atoms with Gasteiger partial charge in [0.2, 0.25) is 5.82 Å². The fourth-order valence-corrected chi connectivity index (χ4v) is 3.77. The number of piperazine rings is 1. The molecule has 0 saturated carbocycles. The first-order valence-electron chi connectivity index (χ1n) is 11.3. The molecular weight excluding hydrogens is 404 g/mol. The molecule has 2 heterocycles. The fourth-order valence-electron chi connectivity index (χ4n) is 3.77. The Balaban J connectivity index is 1.38. The second-order valence-corrected chi connectivity index (χ2v) is 8.15. The number of hydrogen-bond donors (Lipinski definition) is 0. The molecule has 0 N–H and O–H groups in total. The Morgan fingerprint density at radius 3 is 2.56 bits per heavy atom. The first-order chi connectivity index (χ1) is 15.6. The first-order valence-corrected chi connectivity index (χ1v) is 11.3. The molecule has 2 aromatic carbocycles. The number of para-hydroxylation sites is 1. The molecule has 1 aromatic heterocycles. The molecule has 0 unspecified atom stereocenters. The third kappa shape index (κ3) is 5.34. The quantitative estimate of drug-likeness (QED) is 0.530. The average Bonchev–Trinajstić information content (AvgIpc) is 3.31. The van der Waals surface area contributed by atoms with Crippen LogP contribution in [0.2, 0.25) is 0 Å². The van der Waals surface area contributed by atoms with Gasteiger partial charge in [0.25, 0.3) is 11.8 Å². The van der Waals surface area contributed by atoms with Gasteiger partial charge in [-0.1, -0.05) is 60.5 Å². The summed E-state index contributed by atoms with van der Waals surface area (Å²) < 4.78 is 11.3. The molecule has 1 amide bonds. The van der Waals surface area contributed by atoms with Gasteiger partial charge in [0.05, 0.1) is 5.56 Å². The number of ether oxygens (including phenoxy) is 1. The summed E-state index contributed by atoms with van der Waals surface area (Å²) in [5, 5.41) is 4.04. The maximum absolute atomic E-state index is 13.1. The number of hydrogen-bond acceptors (Lipinski definition) is 6. The molecule has 1 aliphatic rings. The molecule has 0 atom stereocenters. The van der Waals surface area contributed by atoms with Crippen LogP contribution in [0.1, 0.15) is 41.6 Å². The summed E-state index contributed by atoms with van der Waals surface area (Å²) in [6.07, 6.45) is 2.39. The third-order valence-electron chi connectivity index (χ3n) is 5.73. The van der Waals surface area contributed by atoms with Gasteiger partial charge in [-0.3, -0.25) is 9.69 Å². The van der Waals surface area contributed by atoms with E-state index in [1.807, 2.05) is 60.4 Å². The van der Waals surface area contributed by atoms with Crippen LogP contribution in [0.3, 0.4) is 0 Å². The van der Waals surface area contributed by atoms with E-state index in [2.05, 4.69) is 22.0 Å². The summed E-state index contributed by atoms with van der Waals surface area (Å²) in [4.78, 5) is 21.9. The van der Waals surface area contributed by atoms with Crippen molar-refractivity contribution in [1.29, 1.82) is 0 Å². The van der Waals surface area contributed by atoms with E-state index in [4.69, 9.17) is 9.26 Å². The minimum absolute atomic E-state index is 0.00150. The number of rotatable bonds is 8. The van der Waals surface area contributed by atoms with Gasteiger partial charge in [0.1, 0.15) is 5.75 Å². The molecule has 0 spiro atoms. The van der Waals surface area contributed by atoms with Gasteiger partial charge in [-0.05, 0) is 32.0 Å². The van der Waals surface area contributed by atoms with E-state index in [0.717, 1.165) is 38.3 Å². The highest BCUT2D eigenvalue weighted by Gasteiger charge is 2.24. The zero-order valence-corrected chi connectivity index (χ0v) is 18.8. The van der Waals surface area contributed by atoms with Crippen LogP contribution >= 0.6 is 0 Å². The molecule has 32 heavy (non-hydrogen) atoms. The van der Waals surface area contributed by atoms with Crippen molar-refractivity contribution < 1.29 is 14.1 Å². The summed E-state index contributed by atoms with van der Waals surface area (Å²) in [5.41, 5.74) is 2.62. The van der Waals surface area contributed by atoms with Crippen molar-refractivity contribution >= 4 is 5.91 Å². The van der Waals surface area contributed by atoms with Crippen LogP contribution in [0.4, 0.5) is 0 Å². The number of aromatic nitrogens is 2. The number of unbranched alkanes of at least 4 members (excludes halogenated alkanes) is 1. The number of aryl methyl sites for hydroxylation is 1. The van der Waals surface area contributed by atoms with Crippen molar-refractivity contribution in [3.8, 4) is 17.1 Å². The summed E-state index contributed by atoms with van der Waals surface area (Å²) in [6.45, 7) is 8.75. The lowest BCUT2D eigenvalue weighted by atomic mass is 10.1. The van der Waals surface area contributed by atoms with Crippen molar-refractivity contribution in [1.82, 2.24) is 19.9 Å². The minimum Gasteiger partial charge on any atom is -0.483 e. The van der Waals surface area contributed by atoms with Gasteiger partial charge in [-0.15, -0.1) is 0 Å². The summed E-state index contributed by atoms with van der Waals surface area (Å²) in [6, 6.07) is 15.3. The molecule has 4 rings (SSSR count). The second-order valence-electron chi connectivity index (χ2n) is 8.15. The number of carbonyl (C=O) groups excluding carboxylic acids is 1. The van der Waals surface area contributed by atoms with Crippen molar-refractivity contribution in [2.24, 2.45) is 0 Å². The Hall–Kier alpha value is -3.19. The Kier molecular flexibility index (Phi) is 7.17. The number of carbonyl (C=O) groups is 1. The van der Waals surface area contributed by atoms with Crippen molar-refractivity contribution in [3.05, 3.63) is 65.5 Å². The van der Waals surface area contributed by atoms with Gasteiger partial charge < -0.3 is 14.2 Å². The zero-order chi connectivity index (χ0) is 22.3. The van der Waals surface area contributed by atoms with Crippen molar-refractivity contribution in [3.63, 3.8) is 0 Å². The minimum atomic E-state index is 0.00150. The van der Waals surface area contributed by atoms with E-state index in [1.54, 1.807) is 0 Å². The molecule has 1 aliphatic heterocycles. The molecular formula is C25H30N4O3. The molecule has 0 radical (unpaired) electrons. The maximum atomic E-state index is 13.1. The Morgan fingerprint density at radius 2 is 1.81 bits per heavy atom. The van der Waals surface area contributed by atoms with E-state index in [1.165, 1.54) is 18.4 Å². The highest BCUT2D eigenvalue weighted by Crippen LogP contribution is 2.23. The van der Waals surface area contributed by atoms with E-state index in [9.17, 15) is 4.79 Å². The molecule has 168 valence electrons. The highest BCUT2D eigenvalue weighted by atomic mass is 16.5. The highest BCUT2D eigenvalue weighted by molar-refractivity contribution is 5.97. The molecule has 7 nitrogen and oxygen atoms in total. The number of nitrogens with zero attached hydrogens (tertiary/aromatic N) is 4. The van der Waals surface area contributed by atoms with Crippen LogP contribution in [-0.4, -0.2) is 58.6 Å². The maximum Gasteiger partial charge on any atom is 0.264 e. The topological polar surface area (TPSA) is 71.7 Å². The van der Waals surface area contributed by atoms with Crippen LogP contribution in [-0.2, 0) is 6.61 Å². The number of amides is 1. The van der Waals surface area contributed by atoms with Gasteiger partial charge in [0, 0.05) is 31.7 Å². The van der Waals surface area contributed by atoms with Crippen LogP contribution < -0.4 is 4.74 Å². The Morgan fingerprint density at radius 1 is 1.06 bits per heavy atom. The van der Waals surface area contributed by atoms with Crippen LogP contribution in [0.5, 0.6) is 5.75 Å². The standard InChI is InChI=1S/C25H30N4O3/c1-3-4-13-28-14-16-29(17-15-28)25(30)21-7-5-6-8-22(21)31-18-23-26-24(27-32-23)20-11-9-19(2)10-12-20/h5-12H,3-4,13-18H2,1-2H3. The summed E-state index contributed by atoms with van der Waals surface area (Å²) in [7, 11) is 0. The van der Waals surface area contributed by atoms with Gasteiger partial charge in [-0.2, -0.15) is 4.98 Å². The smallest absolute Gasteiger partial charge is 0.264 e. The lowest BCUT2D eigenvalue weighted by Gasteiger charge is -2.35. The van der Waals surface area contributed by atoms with E-state index in [-0.39, 0.29) is 12.5 Å². The summed E-state index contributed by atoms with van der Waals surface area (Å²) in [5.74, 6) is 1.42. The van der Waals surface area contributed by atoms with E-state index >= 15 is 0 Å². The van der Waals surface area contributed by atoms with Crippen LogP contribution in [0.25, 0.3) is 11.4 Å². The Labute approximate surface area is 189 Å². The van der Waals surface area contributed by atoms with E-state index < -0.39 is 0 Å². The molecule has 1 saturated heterocycles. The average molecular weight is 435 g/mol. The Bertz CT molecular complexity index is 1020. The van der Waals surface area contributed by atoms with Crippen LogP contribution in [0, 0.1) is 6.92 Å². The summed E-state index contributed by atoms with van der Waals surface area (Å²) >= 11 is 0. The first kappa shape index (κ1) is 22.0. The van der Waals surface area contributed by atoms with Crippen LogP contribution in [0.15, 0.2) is 53.1 Å². The predicted molar refractivity (Wildman–Crippen MR) is 122 cm³/mol. The fraction of sp³-hybridized carbons (Fsp3) is 0.400. The lowest BCUT2D eigenvalue weighted by molar-refractivity contribution is 0.0630. The largest absolute Gasteiger partial charge is 0.483 e. The third-order valence-corrected chi connectivity index (χ3v) is 5.73. The predicted octanol–water partition coefficient (Wildman–Crippen LogP) is 4.18.